The van der Waals surface area contributed by atoms with Crippen LogP contribution >= 0.6 is 11.3 Å². The summed E-state index contributed by atoms with van der Waals surface area (Å²) in [6, 6.07) is -0.201. The van der Waals surface area contributed by atoms with Gasteiger partial charge in [0, 0.05) is 19.3 Å². The normalized spacial score (nSPS) is 11.8. The number of carbonyl (C=O) groups excluding carboxylic acids is 2. The molecule has 0 saturated carbocycles. The van der Waals surface area contributed by atoms with Crippen molar-refractivity contribution in [2.75, 3.05) is 26.7 Å². The van der Waals surface area contributed by atoms with Gasteiger partial charge in [-0.3, -0.25) is 9.78 Å². The monoisotopic (exact) mass is 357 g/mol. The summed E-state index contributed by atoms with van der Waals surface area (Å²) in [6.07, 6.45) is 4.33. The number of nitrogens with zero attached hydrogens (tertiary/aromatic N) is 1. The number of hydrogen-bond donors (Lipinski definition) is 4. The molecule has 1 aromatic rings. The molecule has 5 N–H and O–H groups in total. The quantitative estimate of drug-likeness (QED) is 0.407. The van der Waals surface area contributed by atoms with E-state index in [0.717, 1.165) is 30.6 Å². The Morgan fingerprint density at radius 1 is 1.29 bits per heavy atom. The van der Waals surface area contributed by atoms with E-state index in [-0.39, 0.29) is 18.6 Å². The van der Waals surface area contributed by atoms with Crippen LogP contribution in [0.5, 0.6) is 0 Å². The zero-order chi connectivity index (χ0) is 17.6. The van der Waals surface area contributed by atoms with Crippen molar-refractivity contribution in [3.05, 3.63) is 16.6 Å². The second-order valence-electron chi connectivity index (χ2n) is 5.24. The lowest BCUT2D eigenvalue weighted by atomic mass is 10.1. The first-order valence-electron chi connectivity index (χ1n) is 8.10. The lowest BCUT2D eigenvalue weighted by Gasteiger charge is -2.15. The van der Waals surface area contributed by atoms with E-state index >= 15 is 0 Å². The van der Waals surface area contributed by atoms with Crippen molar-refractivity contribution in [2.24, 2.45) is 5.73 Å². The average Bonchev–Trinajstić information content (AvgIpc) is 3.10. The van der Waals surface area contributed by atoms with Gasteiger partial charge in [-0.15, -0.1) is 11.3 Å². The van der Waals surface area contributed by atoms with Crippen molar-refractivity contribution >= 4 is 23.3 Å². The predicted octanol–water partition coefficient (Wildman–Crippen LogP) is 0.593. The summed E-state index contributed by atoms with van der Waals surface area (Å²) in [5.41, 5.74) is 7.15. The fraction of sp³-hybridized carbons (Fsp3) is 0.667. The van der Waals surface area contributed by atoms with E-state index in [1.54, 1.807) is 18.8 Å². The van der Waals surface area contributed by atoms with Crippen molar-refractivity contribution in [1.29, 1.82) is 0 Å². The van der Waals surface area contributed by atoms with Gasteiger partial charge in [-0.25, -0.2) is 4.79 Å². The molecule has 24 heavy (non-hydrogen) atoms. The lowest BCUT2D eigenvalue weighted by Crippen LogP contribution is -2.43. The van der Waals surface area contributed by atoms with E-state index in [2.05, 4.69) is 20.9 Å². The highest BCUT2D eigenvalue weighted by Gasteiger charge is 2.14. The largest absolute Gasteiger partial charge is 0.444 e. The summed E-state index contributed by atoms with van der Waals surface area (Å²) in [4.78, 5) is 28.2. The highest BCUT2D eigenvalue weighted by Crippen LogP contribution is 2.06. The van der Waals surface area contributed by atoms with Crippen LogP contribution in [0.25, 0.3) is 0 Å². The van der Waals surface area contributed by atoms with E-state index in [9.17, 15) is 9.59 Å². The van der Waals surface area contributed by atoms with Gasteiger partial charge in [0.1, 0.15) is 6.61 Å². The molecule has 1 heterocycles. The molecule has 0 aliphatic carbocycles. The fourth-order valence-electron chi connectivity index (χ4n) is 2.00. The number of nitrogens with one attached hydrogen (secondary N) is 3. The van der Waals surface area contributed by atoms with Gasteiger partial charge in [0.05, 0.1) is 16.4 Å². The zero-order valence-corrected chi connectivity index (χ0v) is 14.9. The molecule has 1 atom stereocenters. The van der Waals surface area contributed by atoms with Crippen LogP contribution in [-0.2, 0) is 16.1 Å². The fourth-order valence-corrected chi connectivity index (χ4v) is 2.51. The minimum atomic E-state index is -0.440. The summed E-state index contributed by atoms with van der Waals surface area (Å²) in [5, 5.41) is 8.55. The molecule has 0 spiro atoms. The smallest absolute Gasteiger partial charge is 0.407 e. The number of nitrogens with two attached hydrogens (primary N) is 1. The summed E-state index contributed by atoms with van der Waals surface area (Å²) < 4.78 is 5.05. The summed E-state index contributed by atoms with van der Waals surface area (Å²) in [7, 11) is 1.77. The van der Waals surface area contributed by atoms with Gasteiger partial charge >= 0.3 is 6.09 Å². The number of rotatable bonds is 12. The Kier molecular flexibility index (Phi) is 10.7. The van der Waals surface area contributed by atoms with Crippen molar-refractivity contribution in [3.8, 4) is 0 Å². The number of thiazole rings is 1. The molecule has 1 unspecified atom stereocenters. The molecule has 0 aromatic carbocycles. The van der Waals surface area contributed by atoms with Crippen LogP contribution in [0.3, 0.4) is 0 Å². The average molecular weight is 357 g/mol. The molecule has 8 nitrogen and oxygen atoms in total. The summed E-state index contributed by atoms with van der Waals surface area (Å²) in [6.45, 7) is 1.91. The Bertz CT molecular complexity index is 470. The van der Waals surface area contributed by atoms with Crippen LogP contribution in [0.1, 0.15) is 30.6 Å². The number of amides is 2. The van der Waals surface area contributed by atoms with Crippen molar-refractivity contribution < 1.29 is 14.3 Å². The molecule has 0 bridgehead atoms. The maximum absolute atomic E-state index is 11.9. The van der Waals surface area contributed by atoms with Crippen LogP contribution < -0.4 is 21.7 Å². The minimum absolute atomic E-state index is 0.0112. The van der Waals surface area contributed by atoms with Gasteiger partial charge in [0.25, 0.3) is 0 Å². The molecule has 0 fully saturated rings. The molecule has 0 radical (unpaired) electrons. The van der Waals surface area contributed by atoms with Gasteiger partial charge in [-0.1, -0.05) is 0 Å². The minimum Gasteiger partial charge on any atom is -0.444 e. The first-order chi connectivity index (χ1) is 11.7. The van der Waals surface area contributed by atoms with Gasteiger partial charge < -0.3 is 26.4 Å². The standard InChI is InChI=1S/C15H27N5O3S/c1-17-13(5-4-6-16)14(21)19-7-2-3-8-20-15(22)23-10-12-9-18-11-24-12/h9,11,13,17H,2-8,10,16H2,1H3,(H,19,21)(H,20,22). The Morgan fingerprint density at radius 2 is 2.04 bits per heavy atom. The number of carbonyl (C=O) groups is 2. The Hall–Kier alpha value is -1.71. The van der Waals surface area contributed by atoms with E-state index in [4.69, 9.17) is 10.5 Å². The van der Waals surface area contributed by atoms with E-state index in [1.165, 1.54) is 11.3 Å². The van der Waals surface area contributed by atoms with Crippen LogP contribution in [0.2, 0.25) is 0 Å². The second kappa shape index (κ2) is 12.7. The van der Waals surface area contributed by atoms with Gasteiger partial charge in [0.15, 0.2) is 0 Å². The van der Waals surface area contributed by atoms with Crippen molar-refractivity contribution in [1.82, 2.24) is 20.9 Å². The highest BCUT2D eigenvalue weighted by molar-refractivity contribution is 7.09. The molecular weight excluding hydrogens is 330 g/mol. The molecule has 136 valence electrons. The molecule has 0 aliphatic heterocycles. The Labute approximate surface area is 146 Å². The number of hydrogen-bond acceptors (Lipinski definition) is 7. The Balaban J connectivity index is 2.00. The van der Waals surface area contributed by atoms with Crippen molar-refractivity contribution in [3.63, 3.8) is 0 Å². The molecule has 1 aromatic heterocycles. The number of unbranched alkanes of at least 4 members (excludes halogenated alkanes) is 1. The predicted molar refractivity (Wildman–Crippen MR) is 93.7 cm³/mol. The number of aromatic nitrogens is 1. The third-order valence-corrected chi connectivity index (χ3v) is 4.12. The molecule has 0 aliphatic rings. The summed E-state index contributed by atoms with van der Waals surface area (Å²) in [5.74, 6) is -0.0112. The van der Waals surface area contributed by atoms with Gasteiger partial charge in [0.2, 0.25) is 5.91 Å². The van der Waals surface area contributed by atoms with E-state index in [1.807, 2.05) is 0 Å². The van der Waals surface area contributed by atoms with E-state index in [0.29, 0.717) is 19.6 Å². The lowest BCUT2D eigenvalue weighted by molar-refractivity contribution is -0.123. The molecule has 9 heteroatoms. The van der Waals surface area contributed by atoms with E-state index < -0.39 is 6.09 Å². The molecular formula is C15H27N5O3S. The number of alkyl carbamates (subject to hydrolysis) is 1. The first kappa shape index (κ1) is 20.3. The zero-order valence-electron chi connectivity index (χ0n) is 14.0. The third-order valence-electron chi connectivity index (χ3n) is 3.36. The van der Waals surface area contributed by atoms with Crippen LogP contribution in [0.15, 0.2) is 11.7 Å². The molecule has 1 rings (SSSR count). The SMILES string of the molecule is CNC(CCCN)C(=O)NCCCCNC(=O)OCc1cncs1. The second-order valence-corrected chi connectivity index (χ2v) is 6.21. The Morgan fingerprint density at radius 3 is 2.67 bits per heavy atom. The van der Waals surface area contributed by atoms with Crippen LogP contribution in [0, 0.1) is 0 Å². The highest BCUT2D eigenvalue weighted by atomic mass is 32.1. The molecule has 0 saturated heterocycles. The first-order valence-corrected chi connectivity index (χ1v) is 8.98. The number of ether oxygens (including phenoxy) is 1. The maximum atomic E-state index is 11.9. The maximum Gasteiger partial charge on any atom is 0.407 e. The van der Waals surface area contributed by atoms with Gasteiger partial charge in [-0.2, -0.15) is 0 Å². The van der Waals surface area contributed by atoms with Gasteiger partial charge in [-0.05, 0) is 39.3 Å². The number of likely N-dealkylation sites (N-methyl/N-ethyl adjacent to an activating group) is 1. The van der Waals surface area contributed by atoms with Crippen molar-refractivity contribution in [2.45, 2.75) is 38.3 Å². The topological polar surface area (TPSA) is 118 Å². The molecule has 2 amide bonds. The van der Waals surface area contributed by atoms with Crippen LogP contribution in [-0.4, -0.2) is 49.7 Å². The summed E-state index contributed by atoms with van der Waals surface area (Å²) >= 11 is 1.44. The third kappa shape index (κ3) is 8.80. The van der Waals surface area contributed by atoms with Crippen LogP contribution in [0.4, 0.5) is 4.79 Å².